The van der Waals surface area contributed by atoms with Gasteiger partial charge in [0.1, 0.15) is 5.03 Å². The molecular formula is C20H16ClN3O2S2. The van der Waals surface area contributed by atoms with Gasteiger partial charge in [-0.2, -0.15) is 0 Å². The quantitative estimate of drug-likeness (QED) is 0.305. The number of halogens is 1. The van der Waals surface area contributed by atoms with Gasteiger partial charge in [0.2, 0.25) is 5.91 Å². The molecule has 0 atom stereocenters. The largest absolute Gasteiger partial charge is 0.461 e. The number of thiophene rings is 1. The number of thioether (sulfide) groups is 1. The van der Waals surface area contributed by atoms with Gasteiger partial charge in [-0.15, -0.1) is 11.3 Å². The second-order valence-corrected chi connectivity index (χ2v) is 8.85. The smallest absolute Gasteiger partial charge is 0.233 e. The summed E-state index contributed by atoms with van der Waals surface area (Å²) in [6.07, 6.45) is 1.59. The van der Waals surface area contributed by atoms with E-state index in [2.05, 4.69) is 9.97 Å². The maximum atomic E-state index is 12.6. The van der Waals surface area contributed by atoms with Crippen LogP contribution in [-0.2, 0) is 11.3 Å². The maximum Gasteiger partial charge on any atom is 0.233 e. The highest BCUT2D eigenvalue weighted by molar-refractivity contribution is 8.00. The van der Waals surface area contributed by atoms with Gasteiger partial charge >= 0.3 is 0 Å². The van der Waals surface area contributed by atoms with Crippen LogP contribution >= 0.6 is 34.7 Å². The first-order valence-electron chi connectivity index (χ1n) is 8.52. The van der Waals surface area contributed by atoms with Crippen LogP contribution in [-0.4, -0.2) is 33.6 Å². The Labute approximate surface area is 175 Å². The summed E-state index contributed by atoms with van der Waals surface area (Å²) in [6, 6.07) is 15.2. The van der Waals surface area contributed by atoms with Gasteiger partial charge in [-0.3, -0.25) is 4.79 Å². The Morgan fingerprint density at radius 1 is 1.18 bits per heavy atom. The van der Waals surface area contributed by atoms with Crippen LogP contribution in [0, 0.1) is 0 Å². The van der Waals surface area contributed by atoms with Gasteiger partial charge in [-0.25, -0.2) is 9.97 Å². The van der Waals surface area contributed by atoms with Crippen molar-refractivity contribution in [2.24, 2.45) is 0 Å². The predicted octanol–water partition coefficient (Wildman–Crippen LogP) is 5.36. The number of fused-ring (bicyclic) bond motifs is 1. The van der Waals surface area contributed by atoms with Crippen molar-refractivity contribution < 1.29 is 9.21 Å². The zero-order chi connectivity index (χ0) is 19.5. The Hall–Kier alpha value is -2.35. The number of rotatable bonds is 6. The van der Waals surface area contributed by atoms with Crippen LogP contribution in [0.5, 0.6) is 0 Å². The molecule has 1 amide bonds. The third-order valence-electron chi connectivity index (χ3n) is 4.09. The molecule has 4 aromatic rings. The molecule has 0 aliphatic rings. The molecule has 3 heterocycles. The number of amides is 1. The van der Waals surface area contributed by atoms with Crippen molar-refractivity contribution in [1.29, 1.82) is 0 Å². The zero-order valence-electron chi connectivity index (χ0n) is 15.0. The topological polar surface area (TPSA) is 59.2 Å². The van der Waals surface area contributed by atoms with Gasteiger partial charge in [0.05, 0.1) is 28.4 Å². The lowest BCUT2D eigenvalue weighted by Gasteiger charge is -2.16. The van der Waals surface area contributed by atoms with Gasteiger partial charge in [0.15, 0.2) is 11.6 Å². The number of hydrogen-bond acceptors (Lipinski definition) is 6. The van der Waals surface area contributed by atoms with E-state index in [0.717, 1.165) is 25.1 Å². The van der Waals surface area contributed by atoms with Crippen LogP contribution in [0.2, 0.25) is 4.34 Å². The number of benzene rings is 1. The Kier molecular flexibility index (Phi) is 5.66. The number of aromatic nitrogens is 2. The zero-order valence-corrected chi connectivity index (χ0v) is 17.4. The number of furan rings is 1. The molecule has 0 N–H and O–H groups in total. The van der Waals surface area contributed by atoms with Crippen molar-refractivity contribution in [2.45, 2.75) is 11.6 Å². The highest BCUT2D eigenvalue weighted by Crippen LogP contribution is 2.29. The van der Waals surface area contributed by atoms with Gasteiger partial charge in [-0.05, 0) is 30.3 Å². The Morgan fingerprint density at radius 2 is 2.04 bits per heavy atom. The van der Waals surface area contributed by atoms with Gasteiger partial charge in [0, 0.05) is 17.3 Å². The molecule has 0 spiro atoms. The minimum Gasteiger partial charge on any atom is -0.461 e. The average Bonchev–Trinajstić information content (AvgIpc) is 3.37. The fraction of sp³-hybridized carbons (Fsp3) is 0.150. The summed E-state index contributed by atoms with van der Waals surface area (Å²) in [5.41, 5.74) is 0.820. The molecule has 5 nitrogen and oxygen atoms in total. The summed E-state index contributed by atoms with van der Waals surface area (Å²) < 4.78 is 6.16. The van der Waals surface area contributed by atoms with Crippen LogP contribution in [0.3, 0.4) is 0 Å². The lowest BCUT2D eigenvalue weighted by Crippen LogP contribution is -2.27. The minimum atomic E-state index is 0.0248. The Morgan fingerprint density at radius 3 is 2.79 bits per heavy atom. The first-order valence-corrected chi connectivity index (χ1v) is 10.7. The van der Waals surface area contributed by atoms with Crippen molar-refractivity contribution in [2.75, 3.05) is 12.8 Å². The van der Waals surface area contributed by atoms with E-state index in [4.69, 9.17) is 16.0 Å². The molecule has 4 rings (SSSR count). The molecule has 0 radical (unpaired) electrons. The monoisotopic (exact) mass is 429 g/mol. The molecule has 0 aliphatic heterocycles. The van der Waals surface area contributed by atoms with Crippen molar-refractivity contribution in [1.82, 2.24) is 14.9 Å². The van der Waals surface area contributed by atoms with Gasteiger partial charge in [-0.1, -0.05) is 41.6 Å². The molecule has 28 heavy (non-hydrogen) atoms. The van der Waals surface area contributed by atoms with E-state index in [-0.39, 0.29) is 11.7 Å². The third kappa shape index (κ3) is 4.22. The molecular weight excluding hydrogens is 414 g/mol. The molecule has 0 unspecified atom stereocenters. The van der Waals surface area contributed by atoms with E-state index in [9.17, 15) is 4.79 Å². The summed E-state index contributed by atoms with van der Waals surface area (Å²) in [6.45, 7) is 0.541. The number of carbonyl (C=O) groups is 1. The van der Waals surface area contributed by atoms with Crippen LogP contribution in [0.25, 0.3) is 22.5 Å². The number of nitrogens with zero attached hydrogens (tertiary/aromatic N) is 3. The SMILES string of the molecule is CN(Cc1ccc(Cl)s1)C(=O)CSc1nc(-c2ccco2)nc2ccccc12. The highest BCUT2D eigenvalue weighted by atomic mass is 35.5. The van der Waals surface area contributed by atoms with E-state index in [0.29, 0.717) is 18.1 Å². The van der Waals surface area contributed by atoms with E-state index >= 15 is 0 Å². The second kappa shape index (κ2) is 8.34. The van der Waals surface area contributed by atoms with Crippen molar-refractivity contribution in [3.05, 3.63) is 64.0 Å². The van der Waals surface area contributed by atoms with E-state index in [1.165, 1.54) is 23.1 Å². The van der Waals surface area contributed by atoms with E-state index < -0.39 is 0 Å². The summed E-state index contributed by atoms with van der Waals surface area (Å²) >= 11 is 8.86. The van der Waals surface area contributed by atoms with Crippen molar-refractivity contribution in [3.63, 3.8) is 0 Å². The second-order valence-electron chi connectivity index (χ2n) is 6.09. The first-order chi connectivity index (χ1) is 13.6. The Bertz CT molecular complexity index is 1110. The third-order valence-corrected chi connectivity index (χ3v) is 6.28. The summed E-state index contributed by atoms with van der Waals surface area (Å²) in [7, 11) is 1.79. The molecule has 8 heteroatoms. The molecule has 0 saturated carbocycles. The van der Waals surface area contributed by atoms with Gasteiger partial charge in [0.25, 0.3) is 0 Å². The van der Waals surface area contributed by atoms with E-state index in [1.54, 1.807) is 24.3 Å². The number of para-hydroxylation sites is 1. The first kappa shape index (κ1) is 19.0. The lowest BCUT2D eigenvalue weighted by atomic mass is 10.2. The molecule has 3 aromatic heterocycles. The maximum absolute atomic E-state index is 12.6. The van der Waals surface area contributed by atoms with Crippen molar-refractivity contribution >= 4 is 51.5 Å². The summed E-state index contributed by atoms with van der Waals surface area (Å²) in [5, 5.41) is 1.68. The summed E-state index contributed by atoms with van der Waals surface area (Å²) in [5.74, 6) is 1.43. The molecule has 142 valence electrons. The predicted molar refractivity (Wildman–Crippen MR) is 114 cm³/mol. The standard InChI is InChI=1S/C20H16ClN3O2S2/c1-24(11-13-8-9-17(21)28-13)18(25)12-27-20-14-5-2-3-6-15(14)22-19(23-20)16-7-4-10-26-16/h2-10H,11-12H2,1H3. The van der Waals surface area contributed by atoms with Crippen LogP contribution in [0.15, 0.2) is 64.2 Å². The van der Waals surface area contributed by atoms with Crippen molar-refractivity contribution in [3.8, 4) is 11.6 Å². The molecule has 0 aliphatic carbocycles. The summed E-state index contributed by atoms with van der Waals surface area (Å²) in [4.78, 5) is 24.6. The number of hydrogen-bond donors (Lipinski definition) is 0. The molecule has 1 aromatic carbocycles. The normalized spacial score (nSPS) is 11.1. The highest BCUT2D eigenvalue weighted by Gasteiger charge is 2.15. The van der Waals surface area contributed by atoms with Crippen LogP contribution in [0.1, 0.15) is 4.88 Å². The lowest BCUT2D eigenvalue weighted by molar-refractivity contribution is -0.127. The van der Waals surface area contributed by atoms with Crippen LogP contribution < -0.4 is 0 Å². The Balaban J connectivity index is 1.53. The van der Waals surface area contributed by atoms with Crippen LogP contribution in [0.4, 0.5) is 0 Å². The molecule has 0 saturated heterocycles. The van der Waals surface area contributed by atoms with E-state index in [1.807, 2.05) is 42.5 Å². The minimum absolute atomic E-state index is 0.0248. The van der Waals surface area contributed by atoms with Gasteiger partial charge < -0.3 is 9.32 Å². The average molecular weight is 430 g/mol. The fourth-order valence-corrected chi connectivity index (χ4v) is 4.77. The molecule has 0 bridgehead atoms. The number of carbonyl (C=O) groups excluding carboxylic acids is 1. The molecule has 0 fully saturated rings. The fourth-order valence-electron chi connectivity index (χ4n) is 2.67.